The highest BCUT2D eigenvalue weighted by molar-refractivity contribution is 4.91. The number of hydrogen-bond acceptors (Lipinski definition) is 2. The molecule has 0 spiro atoms. The molecule has 0 aromatic rings. The van der Waals surface area contributed by atoms with Gasteiger partial charge < -0.3 is 10.1 Å². The number of nitrogens with one attached hydrogen (secondary N) is 1. The van der Waals surface area contributed by atoms with Crippen LogP contribution in [0.1, 0.15) is 70.6 Å². The van der Waals surface area contributed by atoms with Crippen molar-refractivity contribution in [2.75, 3.05) is 26.8 Å². The lowest BCUT2D eigenvalue weighted by Gasteiger charge is -2.44. The highest BCUT2D eigenvalue weighted by atomic mass is 16.5. The lowest BCUT2D eigenvalue weighted by molar-refractivity contribution is 0.0790. The monoisotopic (exact) mass is 267 g/mol. The summed E-state index contributed by atoms with van der Waals surface area (Å²) in [6.07, 6.45) is 16.2. The van der Waals surface area contributed by atoms with Gasteiger partial charge in [-0.2, -0.15) is 0 Å². The van der Waals surface area contributed by atoms with E-state index in [2.05, 4.69) is 5.32 Å². The Hall–Kier alpha value is -0.0800. The van der Waals surface area contributed by atoms with Crippen LogP contribution < -0.4 is 5.32 Å². The normalized spacial score (nSPS) is 25.1. The summed E-state index contributed by atoms with van der Waals surface area (Å²) in [5.74, 6) is 0.991. The molecule has 0 amide bonds. The molecule has 0 aromatic heterocycles. The Balaban J connectivity index is 1.92. The predicted octanol–water partition coefficient (Wildman–Crippen LogP) is 4.14. The van der Waals surface area contributed by atoms with Crippen molar-refractivity contribution in [2.45, 2.75) is 70.6 Å². The Morgan fingerprint density at radius 2 is 1.58 bits per heavy atom. The Kier molecular flexibility index (Phi) is 6.66. The highest BCUT2D eigenvalue weighted by Crippen LogP contribution is 2.47. The summed E-state index contributed by atoms with van der Waals surface area (Å²) in [6.45, 7) is 3.10. The zero-order valence-corrected chi connectivity index (χ0v) is 12.9. The van der Waals surface area contributed by atoms with Crippen LogP contribution in [0.5, 0.6) is 0 Å². The Bertz CT molecular complexity index is 227. The third kappa shape index (κ3) is 4.46. The van der Waals surface area contributed by atoms with Gasteiger partial charge in [0, 0.05) is 20.2 Å². The summed E-state index contributed by atoms with van der Waals surface area (Å²) in [7, 11) is 1.79. The minimum Gasteiger partial charge on any atom is -0.383 e. The van der Waals surface area contributed by atoms with Crippen molar-refractivity contribution in [1.82, 2.24) is 5.32 Å². The lowest BCUT2D eigenvalue weighted by Crippen LogP contribution is -2.42. The van der Waals surface area contributed by atoms with E-state index in [-0.39, 0.29) is 0 Å². The van der Waals surface area contributed by atoms with Gasteiger partial charge in [-0.15, -0.1) is 0 Å². The van der Waals surface area contributed by atoms with Crippen LogP contribution in [0.25, 0.3) is 0 Å². The lowest BCUT2D eigenvalue weighted by atomic mass is 9.63. The van der Waals surface area contributed by atoms with E-state index in [1.807, 2.05) is 0 Å². The van der Waals surface area contributed by atoms with E-state index in [1.165, 1.54) is 77.2 Å². The highest BCUT2D eigenvalue weighted by Gasteiger charge is 2.38. The number of rotatable bonds is 6. The molecule has 0 aromatic carbocycles. The van der Waals surface area contributed by atoms with E-state index < -0.39 is 0 Å². The first-order valence-corrected chi connectivity index (χ1v) is 8.57. The molecule has 1 N–H and O–H groups in total. The van der Waals surface area contributed by atoms with E-state index in [9.17, 15) is 0 Å². The van der Waals surface area contributed by atoms with Gasteiger partial charge in [0.25, 0.3) is 0 Å². The maximum absolute atomic E-state index is 5.17. The minimum absolute atomic E-state index is 0.621. The minimum atomic E-state index is 0.621. The fourth-order valence-corrected chi connectivity index (χ4v) is 4.39. The predicted molar refractivity (Wildman–Crippen MR) is 81.5 cm³/mol. The second-order valence-corrected chi connectivity index (χ2v) is 6.78. The molecule has 2 fully saturated rings. The number of hydrogen-bond donors (Lipinski definition) is 1. The van der Waals surface area contributed by atoms with E-state index in [0.29, 0.717) is 5.41 Å². The average molecular weight is 267 g/mol. The Morgan fingerprint density at radius 3 is 2.21 bits per heavy atom. The summed E-state index contributed by atoms with van der Waals surface area (Å²) in [4.78, 5) is 0. The van der Waals surface area contributed by atoms with Gasteiger partial charge in [-0.05, 0) is 37.0 Å². The second-order valence-electron chi connectivity index (χ2n) is 6.78. The van der Waals surface area contributed by atoms with Crippen LogP contribution in [0.2, 0.25) is 0 Å². The molecule has 0 bridgehead atoms. The van der Waals surface area contributed by atoms with Crippen molar-refractivity contribution in [1.29, 1.82) is 0 Å². The summed E-state index contributed by atoms with van der Waals surface area (Å²) in [6, 6.07) is 0. The second kappa shape index (κ2) is 8.26. The molecule has 0 saturated heterocycles. The molecule has 0 radical (unpaired) electrons. The number of methoxy groups -OCH3 is 1. The fraction of sp³-hybridized carbons (Fsp3) is 1.00. The molecule has 2 rings (SSSR count). The van der Waals surface area contributed by atoms with Crippen molar-refractivity contribution in [3.63, 3.8) is 0 Å². The zero-order chi connectivity index (χ0) is 13.4. The molecule has 2 heteroatoms. The van der Waals surface area contributed by atoms with E-state index >= 15 is 0 Å². The fourth-order valence-electron chi connectivity index (χ4n) is 4.39. The molecule has 2 nitrogen and oxygen atoms in total. The van der Waals surface area contributed by atoms with Crippen LogP contribution in [-0.2, 0) is 4.74 Å². The van der Waals surface area contributed by atoms with Gasteiger partial charge in [0.2, 0.25) is 0 Å². The van der Waals surface area contributed by atoms with Crippen molar-refractivity contribution in [3.8, 4) is 0 Å². The SMILES string of the molecule is COCCNCC1(C2CCCCCC2)CCCCC1. The van der Waals surface area contributed by atoms with Crippen molar-refractivity contribution >= 4 is 0 Å². The Morgan fingerprint density at radius 1 is 0.947 bits per heavy atom. The van der Waals surface area contributed by atoms with Crippen LogP contribution in [0.15, 0.2) is 0 Å². The molecule has 112 valence electrons. The van der Waals surface area contributed by atoms with Gasteiger partial charge in [-0.1, -0.05) is 44.9 Å². The quantitative estimate of drug-likeness (QED) is 0.577. The Labute approximate surface area is 119 Å². The third-order valence-electron chi connectivity index (χ3n) is 5.53. The van der Waals surface area contributed by atoms with Gasteiger partial charge in [-0.25, -0.2) is 0 Å². The summed E-state index contributed by atoms with van der Waals surface area (Å²) in [5.41, 5.74) is 0.621. The zero-order valence-electron chi connectivity index (χ0n) is 12.9. The van der Waals surface area contributed by atoms with Gasteiger partial charge in [0.05, 0.1) is 6.61 Å². The van der Waals surface area contributed by atoms with E-state index in [0.717, 1.165) is 19.1 Å². The molecule has 2 aliphatic rings. The smallest absolute Gasteiger partial charge is 0.0587 e. The van der Waals surface area contributed by atoms with Gasteiger partial charge in [0.15, 0.2) is 0 Å². The standard InChI is InChI=1S/C17H33NO/c1-19-14-13-18-15-17(11-7-4-8-12-17)16-9-5-2-3-6-10-16/h16,18H,2-15H2,1H3. The summed E-state index contributed by atoms with van der Waals surface area (Å²) < 4.78 is 5.17. The molecule has 0 heterocycles. The van der Waals surface area contributed by atoms with Crippen LogP contribution in [0.3, 0.4) is 0 Å². The maximum atomic E-state index is 5.17. The van der Waals surface area contributed by atoms with Gasteiger partial charge in [0.1, 0.15) is 0 Å². The molecular weight excluding hydrogens is 234 g/mol. The topological polar surface area (TPSA) is 21.3 Å². The number of ether oxygens (including phenoxy) is 1. The largest absolute Gasteiger partial charge is 0.383 e. The maximum Gasteiger partial charge on any atom is 0.0587 e. The van der Waals surface area contributed by atoms with Crippen molar-refractivity contribution in [3.05, 3.63) is 0 Å². The van der Waals surface area contributed by atoms with E-state index in [4.69, 9.17) is 4.74 Å². The average Bonchev–Trinajstić information content (AvgIpc) is 2.74. The van der Waals surface area contributed by atoms with Crippen molar-refractivity contribution in [2.24, 2.45) is 11.3 Å². The van der Waals surface area contributed by atoms with Crippen LogP contribution in [-0.4, -0.2) is 26.8 Å². The summed E-state index contributed by atoms with van der Waals surface area (Å²) in [5, 5.41) is 3.69. The van der Waals surface area contributed by atoms with Crippen molar-refractivity contribution < 1.29 is 4.74 Å². The molecule has 0 aliphatic heterocycles. The van der Waals surface area contributed by atoms with E-state index in [1.54, 1.807) is 7.11 Å². The molecule has 0 unspecified atom stereocenters. The molecule has 2 aliphatic carbocycles. The first-order valence-electron chi connectivity index (χ1n) is 8.57. The van der Waals surface area contributed by atoms with Crippen LogP contribution in [0.4, 0.5) is 0 Å². The first-order chi connectivity index (χ1) is 9.37. The van der Waals surface area contributed by atoms with Gasteiger partial charge >= 0.3 is 0 Å². The first kappa shape index (κ1) is 15.3. The van der Waals surface area contributed by atoms with Crippen LogP contribution in [0, 0.1) is 11.3 Å². The van der Waals surface area contributed by atoms with Crippen LogP contribution >= 0.6 is 0 Å². The summed E-state index contributed by atoms with van der Waals surface area (Å²) >= 11 is 0. The molecular formula is C17H33NO. The molecule has 19 heavy (non-hydrogen) atoms. The molecule has 2 saturated carbocycles. The molecule has 0 atom stereocenters. The third-order valence-corrected chi connectivity index (χ3v) is 5.53. The van der Waals surface area contributed by atoms with Gasteiger partial charge in [-0.3, -0.25) is 0 Å².